The molecule has 0 aromatic heterocycles. The number of hydrogen-bond acceptors (Lipinski definition) is 2. The highest BCUT2D eigenvalue weighted by Crippen LogP contribution is 2.07. The molecule has 0 heterocycles. The van der Waals surface area contributed by atoms with Gasteiger partial charge in [-0.15, -0.1) is 0 Å². The highest BCUT2D eigenvalue weighted by Gasteiger charge is 2.06. The smallest absolute Gasteiger partial charge is 0.000691 e. The standard InChI is InChI=1S/C11H26N2/c1-4-7-11(3)10-13(5-2)9-6-8-12/h11H,4-10,12H2,1-3H3. The van der Waals surface area contributed by atoms with Crippen LogP contribution in [0.3, 0.4) is 0 Å². The molecule has 0 saturated carbocycles. The van der Waals surface area contributed by atoms with Gasteiger partial charge < -0.3 is 10.6 Å². The molecule has 0 spiro atoms. The fourth-order valence-electron chi connectivity index (χ4n) is 1.72. The Bertz CT molecular complexity index is 104. The monoisotopic (exact) mass is 186 g/mol. The van der Waals surface area contributed by atoms with Gasteiger partial charge in [0.05, 0.1) is 0 Å². The molecule has 13 heavy (non-hydrogen) atoms. The van der Waals surface area contributed by atoms with Crippen molar-refractivity contribution in [2.75, 3.05) is 26.2 Å². The van der Waals surface area contributed by atoms with E-state index in [4.69, 9.17) is 5.73 Å². The van der Waals surface area contributed by atoms with Gasteiger partial charge in [-0.2, -0.15) is 0 Å². The first-order valence-corrected chi connectivity index (χ1v) is 5.66. The van der Waals surface area contributed by atoms with Crippen molar-refractivity contribution >= 4 is 0 Å². The normalized spacial score (nSPS) is 13.6. The summed E-state index contributed by atoms with van der Waals surface area (Å²) in [4.78, 5) is 2.51. The van der Waals surface area contributed by atoms with Gasteiger partial charge in [-0.05, 0) is 38.4 Å². The Morgan fingerprint density at radius 1 is 1.31 bits per heavy atom. The van der Waals surface area contributed by atoms with Crippen LogP contribution in [-0.2, 0) is 0 Å². The molecule has 0 aromatic carbocycles. The highest BCUT2D eigenvalue weighted by molar-refractivity contribution is 4.61. The van der Waals surface area contributed by atoms with Crippen molar-refractivity contribution in [2.45, 2.75) is 40.0 Å². The van der Waals surface area contributed by atoms with Crippen LogP contribution in [0.1, 0.15) is 40.0 Å². The molecule has 0 bridgehead atoms. The minimum absolute atomic E-state index is 0.818. The summed E-state index contributed by atoms with van der Waals surface area (Å²) in [7, 11) is 0. The van der Waals surface area contributed by atoms with Gasteiger partial charge in [0.15, 0.2) is 0 Å². The van der Waals surface area contributed by atoms with E-state index in [2.05, 4.69) is 25.7 Å². The lowest BCUT2D eigenvalue weighted by Gasteiger charge is -2.23. The molecule has 0 aromatic rings. The van der Waals surface area contributed by atoms with E-state index in [0.29, 0.717) is 0 Å². The zero-order valence-electron chi connectivity index (χ0n) is 9.55. The predicted octanol–water partition coefficient (Wildman–Crippen LogP) is 2.09. The number of rotatable bonds is 8. The van der Waals surface area contributed by atoms with E-state index < -0.39 is 0 Å². The second kappa shape index (κ2) is 8.52. The minimum Gasteiger partial charge on any atom is -0.330 e. The third-order valence-corrected chi connectivity index (χ3v) is 2.48. The maximum absolute atomic E-state index is 5.49. The van der Waals surface area contributed by atoms with Crippen LogP contribution in [0.2, 0.25) is 0 Å². The lowest BCUT2D eigenvalue weighted by Crippen LogP contribution is -2.30. The van der Waals surface area contributed by atoms with Crippen LogP contribution in [0.4, 0.5) is 0 Å². The van der Waals surface area contributed by atoms with Crippen LogP contribution in [0.15, 0.2) is 0 Å². The Balaban J connectivity index is 3.56. The van der Waals surface area contributed by atoms with Crippen LogP contribution in [0.25, 0.3) is 0 Å². The van der Waals surface area contributed by atoms with Gasteiger partial charge >= 0.3 is 0 Å². The summed E-state index contributed by atoms with van der Waals surface area (Å²) in [6, 6.07) is 0. The zero-order valence-corrected chi connectivity index (χ0v) is 9.55. The van der Waals surface area contributed by atoms with Gasteiger partial charge in [0.25, 0.3) is 0 Å². The van der Waals surface area contributed by atoms with Gasteiger partial charge in [0.1, 0.15) is 0 Å². The third kappa shape index (κ3) is 7.03. The number of nitrogens with zero attached hydrogens (tertiary/aromatic N) is 1. The van der Waals surface area contributed by atoms with Gasteiger partial charge in [-0.25, -0.2) is 0 Å². The van der Waals surface area contributed by atoms with Crippen LogP contribution >= 0.6 is 0 Å². The molecular weight excluding hydrogens is 160 g/mol. The van der Waals surface area contributed by atoms with Crippen LogP contribution in [-0.4, -0.2) is 31.1 Å². The summed E-state index contributed by atoms with van der Waals surface area (Å²) in [6.45, 7) is 11.2. The van der Waals surface area contributed by atoms with E-state index in [-0.39, 0.29) is 0 Å². The first kappa shape index (κ1) is 12.9. The van der Waals surface area contributed by atoms with E-state index in [1.165, 1.54) is 25.9 Å². The summed E-state index contributed by atoms with van der Waals surface area (Å²) in [5.74, 6) is 0.836. The van der Waals surface area contributed by atoms with Crippen molar-refractivity contribution in [1.29, 1.82) is 0 Å². The number of nitrogens with two attached hydrogens (primary N) is 1. The molecule has 2 N–H and O–H groups in total. The molecule has 2 heteroatoms. The van der Waals surface area contributed by atoms with Crippen LogP contribution < -0.4 is 5.73 Å². The summed E-state index contributed by atoms with van der Waals surface area (Å²) in [5, 5.41) is 0. The molecular formula is C11H26N2. The summed E-state index contributed by atoms with van der Waals surface area (Å²) < 4.78 is 0. The molecule has 0 saturated heterocycles. The lowest BCUT2D eigenvalue weighted by atomic mass is 10.1. The first-order chi connectivity index (χ1) is 6.24. The molecule has 0 aliphatic heterocycles. The summed E-state index contributed by atoms with van der Waals surface area (Å²) >= 11 is 0. The molecule has 0 rings (SSSR count). The highest BCUT2D eigenvalue weighted by atomic mass is 15.1. The largest absolute Gasteiger partial charge is 0.330 e. The number of hydrogen-bond donors (Lipinski definition) is 1. The van der Waals surface area contributed by atoms with E-state index in [9.17, 15) is 0 Å². The molecule has 1 unspecified atom stereocenters. The van der Waals surface area contributed by atoms with Crippen LogP contribution in [0, 0.1) is 5.92 Å². The second-order valence-corrected chi connectivity index (χ2v) is 3.93. The van der Waals surface area contributed by atoms with Gasteiger partial charge in [0.2, 0.25) is 0 Å². The maximum Gasteiger partial charge on any atom is 0.000691 e. The average Bonchev–Trinajstić information content (AvgIpc) is 2.12. The van der Waals surface area contributed by atoms with E-state index in [1.807, 2.05) is 0 Å². The second-order valence-electron chi connectivity index (χ2n) is 3.93. The maximum atomic E-state index is 5.49. The lowest BCUT2D eigenvalue weighted by molar-refractivity contribution is 0.241. The minimum atomic E-state index is 0.818. The van der Waals surface area contributed by atoms with Gasteiger partial charge in [-0.3, -0.25) is 0 Å². The van der Waals surface area contributed by atoms with Gasteiger partial charge in [-0.1, -0.05) is 27.2 Å². The van der Waals surface area contributed by atoms with E-state index in [1.54, 1.807) is 0 Å². The molecule has 0 aliphatic rings. The third-order valence-electron chi connectivity index (χ3n) is 2.48. The molecule has 0 radical (unpaired) electrons. The average molecular weight is 186 g/mol. The zero-order chi connectivity index (χ0) is 10.1. The van der Waals surface area contributed by atoms with Crippen molar-refractivity contribution in [1.82, 2.24) is 4.90 Å². The molecule has 2 nitrogen and oxygen atoms in total. The fourth-order valence-corrected chi connectivity index (χ4v) is 1.72. The predicted molar refractivity (Wildman–Crippen MR) is 59.9 cm³/mol. The Morgan fingerprint density at radius 3 is 2.46 bits per heavy atom. The van der Waals surface area contributed by atoms with Crippen molar-refractivity contribution in [2.24, 2.45) is 11.7 Å². The Labute approximate surface area is 83.5 Å². The Kier molecular flexibility index (Phi) is 8.46. The van der Waals surface area contributed by atoms with Crippen LogP contribution in [0.5, 0.6) is 0 Å². The topological polar surface area (TPSA) is 29.3 Å². The van der Waals surface area contributed by atoms with Crippen molar-refractivity contribution < 1.29 is 0 Å². The van der Waals surface area contributed by atoms with E-state index >= 15 is 0 Å². The van der Waals surface area contributed by atoms with Crippen molar-refractivity contribution in [3.8, 4) is 0 Å². The first-order valence-electron chi connectivity index (χ1n) is 5.66. The Hall–Kier alpha value is -0.0800. The molecule has 0 amide bonds. The van der Waals surface area contributed by atoms with Crippen molar-refractivity contribution in [3.63, 3.8) is 0 Å². The SMILES string of the molecule is CCCC(C)CN(CC)CCCN. The molecule has 0 aliphatic carbocycles. The van der Waals surface area contributed by atoms with Crippen molar-refractivity contribution in [3.05, 3.63) is 0 Å². The molecule has 80 valence electrons. The molecule has 1 atom stereocenters. The fraction of sp³-hybridized carbons (Fsp3) is 1.00. The Morgan fingerprint density at radius 2 is 2.00 bits per heavy atom. The van der Waals surface area contributed by atoms with Gasteiger partial charge in [0, 0.05) is 6.54 Å². The quantitative estimate of drug-likeness (QED) is 0.629. The van der Waals surface area contributed by atoms with E-state index in [0.717, 1.165) is 25.4 Å². The molecule has 0 fully saturated rings. The summed E-state index contributed by atoms with van der Waals surface area (Å²) in [6.07, 6.45) is 3.78. The summed E-state index contributed by atoms with van der Waals surface area (Å²) in [5.41, 5.74) is 5.49.